The highest BCUT2D eigenvalue weighted by atomic mass is 19.1. The second-order valence-corrected chi connectivity index (χ2v) is 7.95. The molecule has 2 N–H and O–H groups in total. The summed E-state index contributed by atoms with van der Waals surface area (Å²) in [5, 5.41) is 10.5. The van der Waals surface area contributed by atoms with Gasteiger partial charge in [0.1, 0.15) is 11.6 Å². The van der Waals surface area contributed by atoms with E-state index in [9.17, 15) is 14.3 Å². The van der Waals surface area contributed by atoms with Crippen molar-refractivity contribution < 1.29 is 23.8 Å². The summed E-state index contributed by atoms with van der Waals surface area (Å²) in [6.45, 7) is 0.794. The van der Waals surface area contributed by atoms with E-state index in [1.165, 1.54) is 17.2 Å². The summed E-state index contributed by atoms with van der Waals surface area (Å²) in [4.78, 5) is 28.9. The van der Waals surface area contributed by atoms with Crippen molar-refractivity contribution in [3.05, 3.63) is 65.5 Å². The van der Waals surface area contributed by atoms with Crippen LogP contribution < -0.4 is 9.47 Å². The van der Waals surface area contributed by atoms with Crippen molar-refractivity contribution in [3.8, 4) is 23.0 Å². The Morgan fingerprint density at radius 2 is 2.15 bits per heavy atom. The third-order valence-corrected chi connectivity index (χ3v) is 5.85. The lowest BCUT2D eigenvalue weighted by atomic mass is 10.1. The number of hydrogen-bond acceptors (Lipinski definition) is 6. The summed E-state index contributed by atoms with van der Waals surface area (Å²) in [6.07, 6.45) is 4.55. The Balaban J connectivity index is 1.42. The van der Waals surface area contributed by atoms with Gasteiger partial charge in [0.05, 0.1) is 32.2 Å². The minimum Gasteiger partial charge on any atom is -0.497 e. The molecule has 4 aromatic rings. The van der Waals surface area contributed by atoms with Crippen molar-refractivity contribution in [1.82, 2.24) is 24.8 Å². The van der Waals surface area contributed by atoms with Crippen molar-refractivity contribution in [2.75, 3.05) is 20.3 Å². The standard InChI is InChI=1S/C24H22FN5O4/c1-33-17-2-3-18-14(11-27-20(18)9-17)5-7-34-23-19-4-6-30(24(31)32)13-21(19)28-22(29-23)15-8-16(25)12-26-10-15/h2-3,8-12,27H,4-7,13H2,1H3,(H,31,32). The number of rotatable bonds is 6. The Kier molecular flexibility index (Phi) is 5.70. The first-order valence-corrected chi connectivity index (χ1v) is 10.8. The minimum atomic E-state index is -1.02. The predicted octanol–water partition coefficient (Wildman–Crippen LogP) is 3.83. The maximum absolute atomic E-state index is 13.7. The van der Waals surface area contributed by atoms with Gasteiger partial charge in [0, 0.05) is 53.5 Å². The van der Waals surface area contributed by atoms with Crippen molar-refractivity contribution in [2.24, 2.45) is 0 Å². The highest BCUT2D eigenvalue weighted by Gasteiger charge is 2.26. The molecule has 1 amide bonds. The molecule has 0 unspecified atom stereocenters. The Labute approximate surface area is 194 Å². The highest BCUT2D eigenvalue weighted by Crippen LogP contribution is 2.29. The van der Waals surface area contributed by atoms with Gasteiger partial charge in [0.2, 0.25) is 5.88 Å². The average molecular weight is 463 g/mol. The van der Waals surface area contributed by atoms with Gasteiger partial charge in [-0.3, -0.25) is 4.98 Å². The first kappa shape index (κ1) is 21.6. The van der Waals surface area contributed by atoms with Crippen LogP contribution in [0.4, 0.5) is 9.18 Å². The molecule has 0 atom stereocenters. The zero-order valence-electron chi connectivity index (χ0n) is 18.4. The third kappa shape index (κ3) is 4.21. The van der Waals surface area contributed by atoms with E-state index >= 15 is 0 Å². The summed E-state index contributed by atoms with van der Waals surface area (Å²) < 4.78 is 25.1. The van der Waals surface area contributed by atoms with Crippen LogP contribution in [0.1, 0.15) is 16.8 Å². The third-order valence-electron chi connectivity index (χ3n) is 5.85. The van der Waals surface area contributed by atoms with Gasteiger partial charge in [0.15, 0.2) is 5.82 Å². The van der Waals surface area contributed by atoms with E-state index in [4.69, 9.17) is 9.47 Å². The van der Waals surface area contributed by atoms with Crippen molar-refractivity contribution in [3.63, 3.8) is 0 Å². The molecule has 174 valence electrons. The van der Waals surface area contributed by atoms with Crippen LogP contribution in [-0.2, 0) is 19.4 Å². The quantitative estimate of drug-likeness (QED) is 0.447. The van der Waals surface area contributed by atoms with Gasteiger partial charge in [0.25, 0.3) is 0 Å². The Hall–Kier alpha value is -4.21. The number of benzene rings is 1. The van der Waals surface area contributed by atoms with E-state index in [1.807, 2.05) is 24.4 Å². The molecule has 0 saturated heterocycles. The van der Waals surface area contributed by atoms with E-state index in [2.05, 4.69) is 19.9 Å². The molecule has 0 aliphatic carbocycles. The molecule has 9 nitrogen and oxygen atoms in total. The van der Waals surface area contributed by atoms with E-state index in [1.54, 1.807) is 7.11 Å². The number of aromatic nitrogens is 4. The average Bonchev–Trinajstić information content (AvgIpc) is 3.25. The maximum atomic E-state index is 13.7. The zero-order chi connectivity index (χ0) is 23.7. The number of nitrogens with one attached hydrogen (secondary N) is 1. The molecule has 10 heteroatoms. The van der Waals surface area contributed by atoms with Crippen LogP contribution in [0.15, 0.2) is 42.9 Å². The summed E-state index contributed by atoms with van der Waals surface area (Å²) >= 11 is 0. The molecule has 0 fully saturated rings. The fraction of sp³-hybridized carbons (Fsp3) is 0.250. The summed E-state index contributed by atoms with van der Waals surface area (Å²) in [5.74, 6) is 0.895. The molecule has 34 heavy (non-hydrogen) atoms. The smallest absolute Gasteiger partial charge is 0.407 e. The fourth-order valence-electron chi connectivity index (χ4n) is 4.10. The van der Waals surface area contributed by atoms with E-state index in [0.29, 0.717) is 43.1 Å². The molecular weight excluding hydrogens is 441 g/mol. The molecule has 0 saturated carbocycles. The summed E-state index contributed by atoms with van der Waals surface area (Å²) in [5.41, 5.74) is 3.78. The molecule has 1 aliphatic heterocycles. The largest absolute Gasteiger partial charge is 0.497 e. The number of hydrogen-bond donors (Lipinski definition) is 2. The number of methoxy groups -OCH3 is 1. The molecule has 0 bridgehead atoms. The maximum Gasteiger partial charge on any atom is 0.407 e. The van der Waals surface area contributed by atoms with Gasteiger partial charge in [-0.15, -0.1) is 0 Å². The SMILES string of the molecule is COc1ccc2c(CCOc3nc(-c4cncc(F)c4)nc4c3CCN(C(=O)O)C4)c[nH]c2c1. The second kappa shape index (κ2) is 8.97. The Morgan fingerprint density at radius 3 is 2.94 bits per heavy atom. The van der Waals surface area contributed by atoms with Crippen molar-refractivity contribution >= 4 is 17.0 Å². The topological polar surface area (TPSA) is 113 Å². The van der Waals surface area contributed by atoms with Crippen LogP contribution >= 0.6 is 0 Å². The number of carboxylic acid groups (broad SMARTS) is 1. The lowest BCUT2D eigenvalue weighted by Crippen LogP contribution is -2.35. The van der Waals surface area contributed by atoms with Gasteiger partial charge in [-0.1, -0.05) is 0 Å². The molecular formula is C24H22FN5O4. The van der Waals surface area contributed by atoms with Crippen LogP contribution in [0.2, 0.25) is 0 Å². The van der Waals surface area contributed by atoms with Gasteiger partial charge in [-0.25, -0.2) is 14.2 Å². The number of H-pyrrole nitrogens is 1. The molecule has 0 spiro atoms. The number of nitrogens with zero attached hydrogens (tertiary/aromatic N) is 4. The number of halogens is 1. The van der Waals surface area contributed by atoms with Crippen LogP contribution in [-0.4, -0.2) is 56.3 Å². The molecule has 5 rings (SSSR count). The fourth-order valence-corrected chi connectivity index (χ4v) is 4.10. The molecule has 1 aromatic carbocycles. The molecule has 3 aromatic heterocycles. The number of ether oxygens (including phenoxy) is 2. The Morgan fingerprint density at radius 1 is 1.26 bits per heavy atom. The van der Waals surface area contributed by atoms with Crippen LogP contribution in [0.25, 0.3) is 22.3 Å². The van der Waals surface area contributed by atoms with E-state index in [0.717, 1.165) is 34.0 Å². The van der Waals surface area contributed by atoms with E-state index < -0.39 is 11.9 Å². The zero-order valence-corrected chi connectivity index (χ0v) is 18.4. The molecule has 0 radical (unpaired) electrons. The number of pyridine rings is 1. The van der Waals surface area contributed by atoms with Crippen LogP contribution in [0, 0.1) is 5.82 Å². The van der Waals surface area contributed by atoms with Crippen LogP contribution in [0.5, 0.6) is 11.6 Å². The van der Waals surface area contributed by atoms with Crippen LogP contribution in [0.3, 0.4) is 0 Å². The lowest BCUT2D eigenvalue weighted by molar-refractivity contribution is 0.138. The number of amides is 1. The van der Waals surface area contributed by atoms with Gasteiger partial charge in [-0.2, -0.15) is 4.98 Å². The van der Waals surface area contributed by atoms with Gasteiger partial charge < -0.3 is 24.5 Å². The first-order chi connectivity index (χ1) is 16.5. The normalized spacial score (nSPS) is 13.1. The summed E-state index contributed by atoms with van der Waals surface area (Å²) in [6, 6.07) is 7.14. The first-order valence-electron chi connectivity index (χ1n) is 10.8. The lowest BCUT2D eigenvalue weighted by Gasteiger charge is -2.27. The van der Waals surface area contributed by atoms with E-state index in [-0.39, 0.29) is 12.4 Å². The number of carbonyl (C=O) groups is 1. The molecule has 1 aliphatic rings. The van der Waals surface area contributed by atoms with Crippen molar-refractivity contribution in [2.45, 2.75) is 19.4 Å². The predicted molar refractivity (Wildman–Crippen MR) is 121 cm³/mol. The van der Waals surface area contributed by atoms with Gasteiger partial charge >= 0.3 is 6.09 Å². The highest BCUT2D eigenvalue weighted by molar-refractivity contribution is 5.84. The molecule has 4 heterocycles. The number of aromatic amines is 1. The minimum absolute atomic E-state index is 0.115. The number of fused-ring (bicyclic) bond motifs is 2. The second-order valence-electron chi connectivity index (χ2n) is 7.95. The van der Waals surface area contributed by atoms with Crippen molar-refractivity contribution in [1.29, 1.82) is 0 Å². The van der Waals surface area contributed by atoms with Gasteiger partial charge in [-0.05, 0) is 30.2 Å². The monoisotopic (exact) mass is 463 g/mol. The summed E-state index contributed by atoms with van der Waals surface area (Å²) in [7, 11) is 1.63. The Bertz CT molecular complexity index is 1370.